The number of halogens is 1. The maximum Gasteiger partial charge on any atom is 0.0148 e. The molecule has 14 heavy (non-hydrogen) atoms. The second-order valence-electron chi connectivity index (χ2n) is 4.04. The van der Waals surface area contributed by atoms with E-state index in [-0.39, 0.29) is 0 Å². The number of aryl methyl sites for hydroxylation is 1. The lowest BCUT2D eigenvalue weighted by atomic mass is 9.94. The molecule has 1 aromatic rings. The van der Waals surface area contributed by atoms with E-state index in [4.69, 9.17) is 0 Å². The van der Waals surface area contributed by atoms with E-state index in [2.05, 4.69) is 61.0 Å². The number of rotatable bonds is 4. The first-order valence-corrected chi connectivity index (χ1v) is 6.24. The Morgan fingerprint density at radius 2 is 1.79 bits per heavy atom. The molecule has 0 spiro atoms. The monoisotopic (exact) mass is 254 g/mol. The number of alkyl halides is 1. The van der Waals surface area contributed by atoms with E-state index in [9.17, 15) is 0 Å². The van der Waals surface area contributed by atoms with Gasteiger partial charge >= 0.3 is 0 Å². The molecule has 0 saturated heterocycles. The summed E-state index contributed by atoms with van der Waals surface area (Å²) in [5.41, 5.74) is 2.79. The van der Waals surface area contributed by atoms with Crippen LogP contribution in [0.15, 0.2) is 24.3 Å². The standard InChI is InChI=1S/C13H19Br/c1-4-13(11(3)14)9-12-7-5-10(2)6-8-12/h5-8,11,13H,4,9H2,1-3H3. The van der Waals surface area contributed by atoms with Gasteiger partial charge in [-0.3, -0.25) is 0 Å². The summed E-state index contributed by atoms with van der Waals surface area (Å²) in [7, 11) is 0. The summed E-state index contributed by atoms with van der Waals surface area (Å²) in [6, 6.07) is 8.88. The molecule has 0 aromatic heterocycles. The van der Waals surface area contributed by atoms with Crippen LogP contribution in [0.3, 0.4) is 0 Å². The predicted octanol–water partition coefficient (Wildman–Crippen LogP) is 4.35. The molecule has 1 heteroatoms. The van der Waals surface area contributed by atoms with Crippen molar-refractivity contribution in [3.63, 3.8) is 0 Å². The molecule has 0 saturated carbocycles. The van der Waals surface area contributed by atoms with E-state index in [0.717, 1.165) is 5.92 Å². The van der Waals surface area contributed by atoms with Crippen molar-refractivity contribution < 1.29 is 0 Å². The van der Waals surface area contributed by atoms with Crippen LogP contribution >= 0.6 is 15.9 Å². The summed E-state index contributed by atoms with van der Waals surface area (Å²) in [5, 5.41) is 0. The van der Waals surface area contributed by atoms with E-state index in [1.54, 1.807) is 0 Å². The van der Waals surface area contributed by atoms with Crippen LogP contribution in [0.2, 0.25) is 0 Å². The summed E-state index contributed by atoms with van der Waals surface area (Å²) in [6.45, 7) is 6.63. The van der Waals surface area contributed by atoms with Gasteiger partial charge < -0.3 is 0 Å². The minimum atomic E-state index is 0.605. The van der Waals surface area contributed by atoms with E-state index >= 15 is 0 Å². The first-order chi connectivity index (χ1) is 6.63. The molecule has 1 aromatic carbocycles. The lowest BCUT2D eigenvalue weighted by Gasteiger charge is -2.17. The van der Waals surface area contributed by atoms with Crippen molar-refractivity contribution in [2.45, 2.75) is 38.4 Å². The van der Waals surface area contributed by atoms with Crippen LogP contribution < -0.4 is 0 Å². The van der Waals surface area contributed by atoms with Gasteiger partial charge in [0.15, 0.2) is 0 Å². The lowest BCUT2D eigenvalue weighted by Crippen LogP contribution is -2.12. The molecule has 0 aliphatic carbocycles. The van der Waals surface area contributed by atoms with Gasteiger partial charge in [0, 0.05) is 4.83 Å². The van der Waals surface area contributed by atoms with Crippen LogP contribution in [0, 0.1) is 12.8 Å². The Bertz CT molecular complexity index is 261. The molecule has 0 aliphatic heterocycles. The van der Waals surface area contributed by atoms with Gasteiger partial charge in [0.25, 0.3) is 0 Å². The van der Waals surface area contributed by atoms with Crippen molar-refractivity contribution in [1.29, 1.82) is 0 Å². The predicted molar refractivity (Wildman–Crippen MR) is 67.1 cm³/mol. The van der Waals surface area contributed by atoms with Crippen LogP contribution in [-0.2, 0) is 6.42 Å². The highest BCUT2D eigenvalue weighted by Gasteiger charge is 2.12. The van der Waals surface area contributed by atoms with E-state index in [1.165, 1.54) is 24.0 Å². The average molecular weight is 255 g/mol. The van der Waals surface area contributed by atoms with Crippen molar-refractivity contribution in [1.82, 2.24) is 0 Å². The van der Waals surface area contributed by atoms with Gasteiger partial charge in [-0.2, -0.15) is 0 Å². The molecule has 0 bridgehead atoms. The summed E-state index contributed by atoms with van der Waals surface area (Å²) in [4.78, 5) is 0.605. The molecule has 0 radical (unpaired) electrons. The van der Waals surface area contributed by atoms with Crippen molar-refractivity contribution >= 4 is 15.9 Å². The van der Waals surface area contributed by atoms with Crippen molar-refractivity contribution in [3.05, 3.63) is 35.4 Å². The van der Waals surface area contributed by atoms with Gasteiger partial charge in [0.05, 0.1) is 0 Å². The molecule has 0 amide bonds. The van der Waals surface area contributed by atoms with Gasteiger partial charge in [-0.15, -0.1) is 0 Å². The van der Waals surface area contributed by atoms with E-state index in [1.807, 2.05) is 0 Å². The largest absolute Gasteiger partial charge is 0.0891 e. The Labute approximate surface area is 95.9 Å². The van der Waals surface area contributed by atoms with Gasteiger partial charge in [0.1, 0.15) is 0 Å². The highest BCUT2D eigenvalue weighted by molar-refractivity contribution is 9.09. The summed E-state index contributed by atoms with van der Waals surface area (Å²) in [6.07, 6.45) is 2.42. The minimum absolute atomic E-state index is 0.605. The maximum atomic E-state index is 3.67. The second kappa shape index (κ2) is 5.55. The van der Waals surface area contributed by atoms with Gasteiger partial charge in [-0.05, 0) is 24.8 Å². The quantitative estimate of drug-likeness (QED) is 0.702. The second-order valence-corrected chi connectivity index (χ2v) is 5.48. The third-order valence-corrected chi connectivity index (χ3v) is 3.54. The highest BCUT2D eigenvalue weighted by Crippen LogP contribution is 2.21. The number of hydrogen-bond acceptors (Lipinski definition) is 0. The molecular formula is C13H19Br. The van der Waals surface area contributed by atoms with Crippen LogP contribution in [-0.4, -0.2) is 4.83 Å². The molecule has 1 rings (SSSR count). The molecule has 0 fully saturated rings. The van der Waals surface area contributed by atoms with E-state index in [0.29, 0.717) is 4.83 Å². The summed E-state index contributed by atoms with van der Waals surface area (Å²) >= 11 is 3.67. The first-order valence-electron chi connectivity index (χ1n) is 5.33. The van der Waals surface area contributed by atoms with Gasteiger partial charge in [0.2, 0.25) is 0 Å². The maximum absolute atomic E-state index is 3.67. The Hall–Kier alpha value is -0.300. The Morgan fingerprint density at radius 1 is 1.21 bits per heavy atom. The van der Waals surface area contributed by atoms with E-state index < -0.39 is 0 Å². The summed E-state index contributed by atoms with van der Waals surface area (Å²) < 4.78 is 0. The lowest BCUT2D eigenvalue weighted by molar-refractivity contribution is 0.508. The zero-order valence-electron chi connectivity index (χ0n) is 9.26. The zero-order valence-corrected chi connectivity index (χ0v) is 10.8. The first kappa shape index (κ1) is 11.8. The Balaban J connectivity index is 2.63. The fourth-order valence-corrected chi connectivity index (χ4v) is 2.22. The molecule has 78 valence electrons. The van der Waals surface area contributed by atoms with Crippen LogP contribution in [0.25, 0.3) is 0 Å². The molecular weight excluding hydrogens is 236 g/mol. The average Bonchev–Trinajstić information content (AvgIpc) is 2.16. The fraction of sp³-hybridized carbons (Fsp3) is 0.538. The third kappa shape index (κ3) is 3.45. The van der Waals surface area contributed by atoms with Crippen LogP contribution in [0.1, 0.15) is 31.4 Å². The van der Waals surface area contributed by atoms with Crippen LogP contribution in [0.5, 0.6) is 0 Å². The highest BCUT2D eigenvalue weighted by atomic mass is 79.9. The van der Waals surface area contributed by atoms with Gasteiger partial charge in [-0.1, -0.05) is 66.0 Å². The third-order valence-electron chi connectivity index (χ3n) is 2.79. The normalized spacial score (nSPS) is 15.1. The molecule has 0 heterocycles. The van der Waals surface area contributed by atoms with Gasteiger partial charge in [-0.25, -0.2) is 0 Å². The van der Waals surface area contributed by atoms with Crippen molar-refractivity contribution in [2.24, 2.45) is 5.92 Å². The minimum Gasteiger partial charge on any atom is -0.0891 e. The zero-order chi connectivity index (χ0) is 10.6. The molecule has 0 nitrogen and oxygen atoms in total. The van der Waals surface area contributed by atoms with Crippen LogP contribution in [0.4, 0.5) is 0 Å². The molecule has 0 N–H and O–H groups in total. The number of benzene rings is 1. The smallest absolute Gasteiger partial charge is 0.0148 e. The number of hydrogen-bond donors (Lipinski definition) is 0. The molecule has 0 aliphatic rings. The Morgan fingerprint density at radius 3 is 2.21 bits per heavy atom. The summed E-state index contributed by atoms with van der Waals surface area (Å²) in [5.74, 6) is 0.748. The molecule has 2 unspecified atom stereocenters. The molecule has 2 atom stereocenters. The van der Waals surface area contributed by atoms with Crippen molar-refractivity contribution in [3.8, 4) is 0 Å². The van der Waals surface area contributed by atoms with Crippen molar-refractivity contribution in [2.75, 3.05) is 0 Å². The topological polar surface area (TPSA) is 0 Å². The fourth-order valence-electron chi connectivity index (χ4n) is 1.66. The SMILES string of the molecule is CCC(Cc1ccc(C)cc1)C(C)Br. The Kier molecular flexibility index (Phi) is 4.67.